The maximum atomic E-state index is 12.3. The summed E-state index contributed by atoms with van der Waals surface area (Å²) in [5.74, 6) is 0. The normalized spacial score (nSPS) is 11.7. The van der Waals surface area contributed by atoms with Gasteiger partial charge in [0.1, 0.15) is 0 Å². The van der Waals surface area contributed by atoms with E-state index in [0.29, 0.717) is 0 Å². The molecule has 0 radical (unpaired) electrons. The second kappa shape index (κ2) is 3.87. The highest BCUT2D eigenvalue weighted by Crippen LogP contribution is 2.30. The Labute approximate surface area is 82.6 Å². The van der Waals surface area contributed by atoms with Crippen molar-refractivity contribution in [3.05, 3.63) is 27.6 Å². The van der Waals surface area contributed by atoms with Crippen LogP contribution in [0.25, 0.3) is 0 Å². The number of hydrogen-bond acceptors (Lipinski definition) is 3. The molecule has 0 N–H and O–H groups in total. The third-order valence-electron chi connectivity index (χ3n) is 1.74. The highest BCUT2D eigenvalue weighted by molar-refractivity contribution is 5.20. The van der Waals surface area contributed by atoms with Crippen LogP contribution in [0.3, 0.4) is 0 Å². The predicted molar refractivity (Wildman–Crippen MR) is 43.8 cm³/mol. The molecule has 0 unspecified atom stereocenters. The highest BCUT2D eigenvalue weighted by atomic mass is 19.4. The fraction of sp³-hybridized carbons (Fsp3) is 0.571. The summed E-state index contributed by atoms with van der Waals surface area (Å²) in [6.45, 7) is -0.533. The molecular formula is C7H8F3N3O2. The monoisotopic (exact) mass is 223 g/mol. The fourth-order valence-electron chi connectivity index (χ4n) is 1.17. The molecule has 0 spiro atoms. The number of alkyl halides is 3. The van der Waals surface area contributed by atoms with Crippen LogP contribution in [0.15, 0.2) is 6.20 Å². The minimum Gasteiger partial charge on any atom is -0.275 e. The van der Waals surface area contributed by atoms with Gasteiger partial charge in [-0.05, 0) is 0 Å². The van der Waals surface area contributed by atoms with Crippen LogP contribution >= 0.6 is 0 Å². The summed E-state index contributed by atoms with van der Waals surface area (Å²) >= 11 is 0. The zero-order valence-electron chi connectivity index (χ0n) is 7.78. The van der Waals surface area contributed by atoms with Crippen molar-refractivity contribution in [2.24, 2.45) is 7.05 Å². The SMILES string of the molecule is Cn1cc(CC[N+](=O)[O-])c(C(F)(F)F)n1. The number of aryl methyl sites for hydroxylation is 1. The summed E-state index contributed by atoms with van der Waals surface area (Å²) in [4.78, 5) is 9.38. The van der Waals surface area contributed by atoms with Gasteiger partial charge >= 0.3 is 6.18 Å². The van der Waals surface area contributed by atoms with Gasteiger partial charge in [-0.3, -0.25) is 14.8 Å². The summed E-state index contributed by atoms with van der Waals surface area (Å²) in [7, 11) is 1.34. The van der Waals surface area contributed by atoms with Gasteiger partial charge in [-0.2, -0.15) is 18.3 Å². The topological polar surface area (TPSA) is 61.0 Å². The first-order valence-electron chi connectivity index (χ1n) is 4.02. The molecule has 0 fully saturated rings. The third kappa shape index (κ3) is 2.93. The number of nitro groups is 1. The zero-order chi connectivity index (χ0) is 11.6. The van der Waals surface area contributed by atoms with Crippen molar-refractivity contribution in [3.8, 4) is 0 Å². The van der Waals surface area contributed by atoms with Gasteiger partial charge in [-0.15, -0.1) is 0 Å². The van der Waals surface area contributed by atoms with E-state index < -0.39 is 23.3 Å². The van der Waals surface area contributed by atoms with Crippen LogP contribution in [0.4, 0.5) is 13.2 Å². The van der Waals surface area contributed by atoms with Gasteiger partial charge in [0.15, 0.2) is 5.69 Å². The first kappa shape index (κ1) is 11.5. The lowest BCUT2D eigenvalue weighted by molar-refractivity contribution is -0.479. The molecule has 1 aromatic rings. The Kier molecular flexibility index (Phi) is 2.96. The maximum absolute atomic E-state index is 12.3. The van der Waals surface area contributed by atoms with Gasteiger partial charge in [-0.1, -0.05) is 0 Å². The van der Waals surface area contributed by atoms with Crippen LogP contribution in [0.2, 0.25) is 0 Å². The molecule has 0 bridgehead atoms. The molecule has 0 amide bonds. The molecule has 15 heavy (non-hydrogen) atoms. The Morgan fingerprint density at radius 2 is 2.20 bits per heavy atom. The third-order valence-corrected chi connectivity index (χ3v) is 1.74. The molecule has 1 aromatic heterocycles. The Bertz CT molecular complexity index is 372. The first-order valence-corrected chi connectivity index (χ1v) is 4.02. The molecule has 1 rings (SSSR count). The number of rotatable bonds is 3. The van der Waals surface area contributed by atoms with Gasteiger partial charge in [-0.25, -0.2) is 0 Å². The molecule has 0 atom stereocenters. The fourth-order valence-corrected chi connectivity index (χ4v) is 1.17. The van der Waals surface area contributed by atoms with E-state index in [2.05, 4.69) is 5.10 Å². The number of aromatic nitrogens is 2. The van der Waals surface area contributed by atoms with E-state index in [0.717, 1.165) is 10.9 Å². The standard InChI is InChI=1S/C7H8F3N3O2/c1-12-4-5(2-3-13(14)15)6(11-12)7(8,9)10/h4H,2-3H2,1H3. The van der Waals surface area contributed by atoms with Gasteiger partial charge < -0.3 is 0 Å². The van der Waals surface area contributed by atoms with Gasteiger partial charge in [0.25, 0.3) is 0 Å². The van der Waals surface area contributed by atoms with Gasteiger partial charge in [0.05, 0.1) is 0 Å². The van der Waals surface area contributed by atoms with Crippen LogP contribution in [0.1, 0.15) is 11.3 Å². The van der Waals surface area contributed by atoms with Crippen LogP contribution in [0.5, 0.6) is 0 Å². The Morgan fingerprint density at radius 1 is 1.60 bits per heavy atom. The van der Waals surface area contributed by atoms with Gasteiger partial charge in [0.2, 0.25) is 6.54 Å². The quantitative estimate of drug-likeness (QED) is 0.572. The van der Waals surface area contributed by atoms with E-state index in [9.17, 15) is 23.3 Å². The van der Waals surface area contributed by atoms with E-state index in [4.69, 9.17) is 0 Å². The van der Waals surface area contributed by atoms with Gasteiger partial charge in [0, 0.05) is 30.2 Å². The van der Waals surface area contributed by atoms with Crippen molar-refractivity contribution in [1.29, 1.82) is 0 Å². The molecule has 0 saturated heterocycles. The second-order valence-electron chi connectivity index (χ2n) is 2.98. The lowest BCUT2D eigenvalue weighted by Gasteiger charge is -2.03. The minimum atomic E-state index is -4.56. The second-order valence-corrected chi connectivity index (χ2v) is 2.98. The smallest absolute Gasteiger partial charge is 0.275 e. The van der Waals surface area contributed by atoms with E-state index >= 15 is 0 Å². The summed E-state index contributed by atoms with van der Waals surface area (Å²) in [6.07, 6.45) is -3.69. The predicted octanol–water partition coefficient (Wildman–Crippen LogP) is 1.26. The van der Waals surface area contributed by atoms with Crippen LogP contribution in [-0.2, 0) is 19.6 Å². The van der Waals surface area contributed by atoms with E-state index in [1.54, 1.807) is 0 Å². The van der Waals surface area contributed by atoms with Crippen molar-refractivity contribution in [2.45, 2.75) is 12.6 Å². The summed E-state index contributed by atoms with van der Waals surface area (Å²) in [6, 6.07) is 0. The van der Waals surface area contributed by atoms with E-state index in [1.807, 2.05) is 0 Å². The minimum absolute atomic E-state index is 0.151. The number of halogens is 3. The molecule has 84 valence electrons. The van der Waals surface area contributed by atoms with Crippen molar-refractivity contribution >= 4 is 0 Å². The summed E-state index contributed by atoms with van der Waals surface area (Å²) < 4.78 is 38.0. The van der Waals surface area contributed by atoms with Crippen molar-refractivity contribution in [3.63, 3.8) is 0 Å². The van der Waals surface area contributed by atoms with Crippen molar-refractivity contribution in [2.75, 3.05) is 6.54 Å². The molecule has 1 heterocycles. The first-order chi connectivity index (χ1) is 6.80. The van der Waals surface area contributed by atoms with E-state index in [-0.39, 0.29) is 12.0 Å². The summed E-state index contributed by atoms with van der Waals surface area (Å²) in [5, 5.41) is 13.3. The maximum Gasteiger partial charge on any atom is 0.435 e. The Balaban J connectivity index is 2.91. The van der Waals surface area contributed by atoms with Crippen LogP contribution < -0.4 is 0 Å². The van der Waals surface area contributed by atoms with E-state index in [1.165, 1.54) is 7.05 Å². The Morgan fingerprint density at radius 3 is 2.67 bits per heavy atom. The molecule has 0 aliphatic heterocycles. The summed E-state index contributed by atoms with van der Waals surface area (Å²) in [5.41, 5.74) is -1.20. The highest BCUT2D eigenvalue weighted by Gasteiger charge is 2.36. The molecular weight excluding hydrogens is 215 g/mol. The van der Waals surface area contributed by atoms with Crippen molar-refractivity contribution < 1.29 is 18.1 Å². The van der Waals surface area contributed by atoms with Crippen LogP contribution in [0, 0.1) is 10.1 Å². The molecule has 8 heteroatoms. The largest absolute Gasteiger partial charge is 0.435 e. The lowest BCUT2D eigenvalue weighted by atomic mass is 10.2. The van der Waals surface area contributed by atoms with Crippen LogP contribution in [-0.4, -0.2) is 21.2 Å². The molecule has 0 aromatic carbocycles. The number of nitrogens with zero attached hydrogens (tertiary/aromatic N) is 3. The zero-order valence-corrected chi connectivity index (χ0v) is 7.78. The lowest BCUT2D eigenvalue weighted by Crippen LogP contribution is -2.12. The Hall–Kier alpha value is -1.60. The average molecular weight is 223 g/mol. The average Bonchev–Trinajstić information content (AvgIpc) is 2.42. The molecule has 0 aliphatic rings. The molecule has 0 aliphatic carbocycles. The van der Waals surface area contributed by atoms with Crippen molar-refractivity contribution in [1.82, 2.24) is 9.78 Å². The molecule has 0 saturated carbocycles. The molecule has 5 nitrogen and oxygen atoms in total. The number of hydrogen-bond donors (Lipinski definition) is 0.